The number of nitrogens with zero attached hydrogens (tertiary/aromatic N) is 1. The third kappa shape index (κ3) is 5.85. The Labute approximate surface area is 163 Å². The van der Waals surface area contributed by atoms with Crippen molar-refractivity contribution in [2.75, 3.05) is 33.4 Å². The van der Waals surface area contributed by atoms with Crippen LogP contribution in [0.3, 0.4) is 0 Å². The van der Waals surface area contributed by atoms with E-state index in [1.54, 1.807) is 19.2 Å². The maximum atomic E-state index is 12.3. The second kappa shape index (κ2) is 8.69. The van der Waals surface area contributed by atoms with Gasteiger partial charge in [-0.25, -0.2) is 0 Å². The van der Waals surface area contributed by atoms with Gasteiger partial charge < -0.3 is 14.8 Å². The number of likely N-dealkylation sites (tertiary alicyclic amines) is 1. The summed E-state index contributed by atoms with van der Waals surface area (Å²) in [6, 6.07) is 6.04. The summed E-state index contributed by atoms with van der Waals surface area (Å²) in [6.45, 7) is 4.58. The summed E-state index contributed by atoms with van der Waals surface area (Å²) in [6.07, 6.45) is -1.88. The highest BCUT2D eigenvalue weighted by Gasteiger charge is 2.54. The summed E-state index contributed by atoms with van der Waals surface area (Å²) < 4.78 is 45.9. The van der Waals surface area contributed by atoms with Gasteiger partial charge in [0.25, 0.3) is 0 Å². The van der Waals surface area contributed by atoms with Crippen LogP contribution in [0.4, 0.5) is 13.2 Å². The molecule has 1 aliphatic carbocycles. The molecule has 1 saturated carbocycles. The van der Waals surface area contributed by atoms with Crippen molar-refractivity contribution in [2.45, 2.75) is 25.7 Å². The van der Waals surface area contributed by atoms with Crippen LogP contribution in [0, 0.1) is 24.2 Å². The number of nitrogens with one attached hydrogen (secondary N) is 1. The highest BCUT2D eigenvalue weighted by Crippen LogP contribution is 2.54. The molecular weight excluding hydrogens is 373 g/mol. The monoisotopic (exact) mass is 399 g/mol. The quantitative estimate of drug-likeness (QED) is 0.694. The summed E-state index contributed by atoms with van der Waals surface area (Å²) >= 11 is 0. The first-order valence-electron chi connectivity index (χ1n) is 9.45. The molecule has 28 heavy (non-hydrogen) atoms. The van der Waals surface area contributed by atoms with Crippen molar-refractivity contribution in [2.24, 2.45) is 17.8 Å². The first-order valence-corrected chi connectivity index (χ1v) is 9.45. The van der Waals surface area contributed by atoms with E-state index in [0.717, 1.165) is 25.1 Å². The number of amides is 1. The van der Waals surface area contributed by atoms with Crippen molar-refractivity contribution in [1.82, 2.24) is 10.2 Å². The van der Waals surface area contributed by atoms with E-state index in [0.29, 0.717) is 30.9 Å². The lowest BCUT2D eigenvalue weighted by atomic mass is 10.0. The van der Waals surface area contributed by atoms with Gasteiger partial charge in [-0.05, 0) is 55.2 Å². The fourth-order valence-corrected chi connectivity index (χ4v) is 4.14. The molecule has 0 aromatic heterocycles. The molecule has 0 spiro atoms. The number of fused-ring (bicyclic) bond motifs is 1. The minimum Gasteiger partial charge on any atom is -0.406 e. The Morgan fingerprint density at radius 3 is 2.71 bits per heavy atom. The number of piperidine rings is 1. The molecule has 5 nitrogen and oxygen atoms in total. The van der Waals surface area contributed by atoms with Gasteiger partial charge in [-0.1, -0.05) is 12.1 Å². The molecule has 1 heterocycles. The Morgan fingerprint density at radius 1 is 1.36 bits per heavy atom. The average molecular weight is 399 g/mol. The Kier molecular flexibility index (Phi) is 6.50. The fraction of sp³-hybridized carbons (Fsp3) is 0.600. The van der Waals surface area contributed by atoms with Gasteiger partial charge in [-0.2, -0.15) is 0 Å². The number of carbonyl (C=O) groups excluding carboxylic acids is 1. The standard InChI is InChI=1S/C20H26F3N2O3/c1-13(12-27-2)24-19(26)11-25-9-17-16(18(17)10-25)7-6-14-4-3-5-15(8-14)28-20(21,22)23/h3-6,8,13,16-18H,7,9-12H2,1-2H3,(H,24,26). The van der Waals surface area contributed by atoms with E-state index in [2.05, 4.69) is 15.0 Å². The summed E-state index contributed by atoms with van der Waals surface area (Å²) in [7, 11) is 1.60. The summed E-state index contributed by atoms with van der Waals surface area (Å²) in [4.78, 5) is 14.2. The second-order valence-electron chi connectivity index (χ2n) is 7.67. The van der Waals surface area contributed by atoms with Crippen LogP contribution in [-0.2, 0) is 9.53 Å². The third-order valence-corrected chi connectivity index (χ3v) is 5.36. The van der Waals surface area contributed by atoms with Crippen molar-refractivity contribution in [3.8, 4) is 5.75 Å². The van der Waals surface area contributed by atoms with Crippen LogP contribution >= 0.6 is 0 Å². The van der Waals surface area contributed by atoms with E-state index in [1.807, 2.05) is 13.3 Å². The molecule has 1 aromatic rings. The molecule has 2 aliphatic rings. The molecule has 1 saturated heterocycles. The van der Waals surface area contributed by atoms with Gasteiger partial charge >= 0.3 is 6.36 Å². The number of alkyl halides is 3. The van der Waals surface area contributed by atoms with E-state index in [1.165, 1.54) is 12.1 Å². The average Bonchev–Trinajstić information content (AvgIpc) is 3.03. The van der Waals surface area contributed by atoms with Gasteiger partial charge in [0, 0.05) is 26.2 Å². The smallest absolute Gasteiger partial charge is 0.406 e. The molecular formula is C20H26F3N2O3. The minimum atomic E-state index is -4.68. The van der Waals surface area contributed by atoms with E-state index in [-0.39, 0.29) is 17.7 Å². The van der Waals surface area contributed by atoms with E-state index in [9.17, 15) is 18.0 Å². The number of benzene rings is 1. The molecule has 2 fully saturated rings. The Morgan fingerprint density at radius 2 is 2.07 bits per heavy atom. The zero-order chi connectivity index (χ0) is 20.3. The number of carbonyl (C=O) groups is 1. The van der Waals surface area contributed by atoms with Gasteiger partial charge in [0.1, 0.15) is 5.75 Å². The molecule has 3 unspecified atom stereocenters. The van der Waals surface area contributed by atoms with Gasteiger partial charge in [-0.15, -0.1) is 13.2 Å². The van der Waals surface area contributed by atoms with Crippen molar-refractivity contribution in [3.05, 3.63) is 36.2 Å². The van der Waals surface area contributed by atoms with E-state index in [4.69, 9.17) is 4.74 Å². The van der Waals surface area contributed by atoms with Crippen LogP contribution in [0.5, 0.6) is 5.75 Å². The van der Waals surface area contributed by atoms with Crippen molar-refractivity contribution < 1.29 is 27.4 Å². The number of methoxy groups -OCH3 is 1. The van der Waals surface area contributed by atoms with Crippen LogP contribution in [0.25, 0.3) is 0 Å². The predicted octanol–water partition coefficient (Wildman–Crippen LogP) is 2.86. The van der Waals surface area contributed by atoms with Crippen molar-refractivity contribution in [1.29, 1.82) is 0 Å². The molecule has 1 aliphatic heterocycles. The van der Waals surface area contributed by atoms with Gasteiger partial charge in [0.2, 0.25) is 5.91 Å². The molecule has 1 radical (unpaired) electrons. The molecule has 1 aromatic carbocycles. The first kappa shape index (κ1) is 20.9. The Hall–Kier alpha value is -1.80. The third-order valence-electron chi connectivity index (χ3n) is 5.36. The lowest BCUT2D eigenvalue weighted by molar-refractivity contribution is -0.274. The van der Waals surface area contributed by atoms with Crippen LogP contribution in [0.1, 0.15) is 18.9 Å². The fourth-order valence-electron chi connectivity index (χ4n) is 4.14. The Balaban J connectivity index is 1.38. The number of ether oxygens (including phenoxy) is 2. The topological polar surface area (TPSA) is 50.8 Å². The molecule has 3 rings (SSSR count). The summed E-state index contributed by atoms with van der Waals surface area (Å²) in [5.41, 5.74) is 0.732. The second-order valence-corrected chi connectivity index (χ2v) is 7.67. The van der Waals surface area contributed by atoms with Crippen molar-refractivity contribution >= 4 is 5.91 Å². The van der Waals surface area contributed by atoms with Crippen LogP contribution < -0.4 is 10.1 Å². The highest BCUT2D eigenvalue weighted by molar-refractivity contribution is 5.78. The van der Waals surface area contributed by atoms with Gasteiger partial charge in [0.05, 0.1) is 13.2 Å². The lowest BCUT2D eigenvalue weighted by Crippen LogP contribution is -2.42. The largest absolute Gasteiger partial charge is 0.573 e. The van der Waals surface area contributed by atoms with E-state index >= 15 is 0 Å². The SMILES string of the molecule is COCC(C)NC(=O)CN1CC2C(C[CH]c3cccc(OC(F)(F)F)c3)C2C1. The zero-order valence-electron chi connectivity index (χ0n) is 16.0. The zero-order valence-corrected chi connectivity index (χ0v) is 16.0. The number of halogens is 3. The predicted molar refractivity (Wildman–Crippen MR) is 97.5 cm³/mol. The molecule has 1 amide bonds. The highest BCUT2D eigenvalue weighted by atomic mass is 19.4. The molecule has 3 atom stereocenters. The van der Waals surface area contributed by atoms with Gasteiger partial charge in [-0.3, -0.25) is 9.69 Å². The van der Waals surface area contributed by atoms with Crippen LogP contribution in [0.2, 0.25) is 0 Å². The van der Waals surface area contributed by atoms with Crippen LogP contribution in [0.15, 0.2) is 24.3 Å². The van der Waals surface area contributed by atoms with Gasteiger partial charge in [0.15, 0.2) is 0 Å². The van der Waals surface area contributed by atoms with E-state index < -0.39 is 6.36 Å². The summed E-state index contributed by atoms with van der Waals surface area (Å²) in [5, 5.41) is 2.91. The maximum Gasteiger partial charge on any atom is 0.573 e. The molecule has 0 bridgehead atoms. The lowest BCUT2D eigenvalue weighted by Gasteiger charge is -2.20. The normalized spacial score (nSPS) is 25.2. The molecule has 1 N–H and O–H groups in total. The van der Waals surface area contributed by atoms with Crippen LogP contribution in [-0.4, -0.2) is 56.6 Å². The van der Waals surface area contributed by atoms with Crippen molar-refractivity contribution in [3.63, 3.8) is 0 Å². The number of hydrogen-bond acceptors (Lipinski definition) is 4. The molecule has 155 valence electrons. The molecule has 8 heteroatoms. The number of hydrogen-bond donors (Lipinski definition) is 1. The minimum absolute atomic E-state index is 0.00549. The maximum absolute atomic E-state index is 12.3. The summed E-state index contributed by atoms with van der Waals surface area (Å²) in [5.74, 6) is 1.48. The first-order chi connectivity index (χ1) is 13.2. The number of rotatable bonds is 9. The Bertz CT molecular complexity index is 671.